The zero-order valence-corrected chi connectivity index (χ0v) is 10.1. The summed E-state index contributed by atoms with van der Waals surface area (Å²) in [6.45, 7) is 9.01. The minimum Gasteiger partial charge on any atom is -0.396 e. The van der Waals surface area contributed by atoms with Crippen LogP contribution in [-0.4, -0.2) is 31.0 Å². The number of methoxy groups -OCH3 is 1. The van der Waals surface area contributed by atoms with Crippen LogP contribution >= 0.6 is 0 Å². The molecule has 0 radical (unpaired) electrons. The predicted octanol–water partition coefficient (Wildman–Crippen LogP) is 1.39. The molecule has 14 heavy (non-hydrogen) atoms. The van der Waals surface area contributed by atoms with Crippen LogP contribution in [0.4, 0.5) is 0 Å². The number of ether oxygens (including phenoxy) is 1. The molecule has 0 bridgehead atoms. The van der Waals surface area contributed by atoms with Crippen LogP contribution in [0.2, 0.25) is 0 Å². The van der Waals surface area contributed by atoms with Gasteiger partial charge in [-0.05, 0) is 26.2 Å². The first-order chi connectivity index (χ1) is 6.31. The summed E-state index contributed by atoms with van der Waals surface area (Å²) >= 11 is 0. The maximum Gasteiger partial charge on any atom is 0.0539 e. The minimum atomic E-state index is -0.347. The van der Waals surface area contributed by atoms with E-state index in [1.807, 2.05) is 13.8 Å². The molecule has 0 aliphatic carbocycles. The lowest BCUT2D eigenvalue weighted by atomic mass is 9.63. The van der Waals surface area contributed by atoms with E-state index in [0.29, 0.717) is 18.9 Å². The number of hydrogen-bond acceptors (Lipinski definition) is 3. The van der Waals surface area contributed by atoms with Crippen molar-refractivity contribution < 1.29 is 9.84 Å². The Hall–Kier alpha value is -0.120. The van der Waals surface area contributed by atoms with Gasteiger partial charge in [0.1, 0.15) is 0 Å². The van der Waals surface area contributed by atoms with Gasteiger partial charge < -0.3 is 15.6 Å². The Kier molecular flexibility index (Phi) is 5.06. The van der Waals surface area contributed by atoms with Gasteiger partial charge >= 0.3 is 0 Å². The Morgan fingerprint density at radius 1 is 1.36 bits per heavy atom. The molecule has 0 aromatic heterocycles. The summed E-state index contributed by atoms with van der Waals surface area (Å²) in [5.41, 5.74) is 5.69. The number of aliphatic hydroxyl groups excluding tert-OH is 1. The van der Waals surface area contributed by atoms with Gasteiger partial charge in [0.25, 0.3) is 0 Å². The lowest BCUT2D eigenvalue weighted by molar-refractivity contribution is -0.0273. The molecule has 0 aliphatic rings. The summed E-state index contributed by atoms with van der Waals surface area (Å²) in [5, 5.41) is 9.13. The molecule has 3 N–H and O–H groups in total. The SMILES string of the molecule is COCC(CCO)(C(C)C)C(C)(C)N. The Balaban J connectivity index is 4.94. The van der Waals surface area contributed by atoms with Gasteiger partial charge in [0.2, 0.25) is 0 Å². The van der Waals surface area contributed by atoms with Crippen LogP contribution in [0.5, 0.6) is 0 Å². The van der Waals surface area contributed by atoms with Gasteiger partial charge in [-0.1, -0.05) is 13.8 Å². The Bertz CT molecular complexity index is 155. The minimum absolute atomic E-state index is 0.155. The van der Waals surface area contributed by atoms with Crippen molar-refractivity contribution >= 4 is 0 Å². The second-order valence-corrected chi connectivity index (χ2v) is 4.94. The fraction of sp³-hybridized carbons (Fsp3) is 1.00. The van der Waals surface area contributed by atoms with Crippen molar-refractivity contribution in [3.8, 4) is 0 Å². The molecule has 0 aromatic carbocycles. The number of nitrogens with two attached hydrogens (primary N) is 1. The molecule has 0 heterocycles. The molecule has 0 amide bonds. The molecular formula is C11H25NO2. The first-order valence-corrected chi connectivity index (χ1v) is 5.20. The summed E-state index contributed by atoms with van der Waals surface area (Å²) < 4.78 is 5.26. The molecule has 86 valence electrons. The molecule has 3 nitrogen and oxygen atoms in total. The molecule has 0 aliphatic heterocycles. The molecule has 0 aromatic rings. The van der Waals surface area contributed by atoms with Gasteiger partial charge in [0.05, 0.1) is 6.61 Å². The van der Waals surface area contributed by atoms with E-state index in [0.717, 1.165) is 0 Å². The van der Waals surface area contributed by atoms with Crippen molar-refractivity contribution in [1.29, 1.82) is 0 Å². The fourth-order valence-electron chi connectivity index (χ4n) is 2.24. The highest BCUT2D eigenvalue weighted by Gasteiger charge is 2.44. The molecule has 0 saturated carbocycles. The molecule has 3 heteroatoms. The van der Waals surface area contributed by atoms with Crippen molar-refractivity contribution in [3.05, 3.63) is 0 Å². The summed E-state index contributed by atoms with van der Waals surface area (Å²) in [6.07, 6.45) is 0.683. The summed E-state index contributed by atoms with van der Waals surface area (Å²) in [4.78, 5) is 0. The van der Waals surface area contributed by atoms with Crippen molar-refractivity contribution in [1.82, 2.24) is 0 Å². The van der Waals surface area contributed by atoms with Gasteiger partial charge in [-0.15, -0.1) is 0 Å². The Morgan fingerprint density at radius 2 is 1.86 bits per heavy atom. The van der Waals surface area contributed by atoms with Crippen LogP contribution in [0.1, 0.15) is 34.1 Å². The largest absolute Gasteiger partial charge is 0.396 e. The van der Waals surface area contributed by atoms with Crippen molar-refractivity contribution in [2.45, 2.75) is 39.7 Å². The molecule has 1 atom stereocenters. The van der Waals surface area contributed by atoms with E-state index in [-0.39, 0.29) is 17.6 Å². The van der Waals surface area contributed by atoms with Crippen molar-refractivity contribution in [2.24, 2.45) is 17.1 Å². The van der Waals surface area contributed by atoms with Crippen LogP contribution in [0.15, 0.2) is 0 Å². The molecule has 1 unspecified atom stereocenters. The van der Waals surface area contributed by atoms with Gasteiger partial charge in [-0.3, -0.25) is 0 Å². The van der Waals surface area contributed by atoms with Gasteiger partial charge in [0.15, 0.2) is 0 Å². The maximum atomic E-state index is 9.13. The molecule has 0 saturated heterocycles. The van der Waals surface area contributed by atoms with E-state index in [1.54, 1.807) is 7.11 Å². The van der Waals surface area contributed by atoms with E-state index in [1.165, 1.54) is 0 Å². The van der Waals surface area contributed by atoms with Crippen LogP contribution in [0.3, 0.4) is 0 Å². The molecule has 0 spiro atoms. The number of aliphatic hydroxyl groups is 1. The number of hydrogen-bond donors (Lipinski definition) is 2. The predicted molar refractivity (Wildman–Crippen MR) is 59.1 cm³/mol. The van der Waals surface area contributed by atoms with Crippen LogP contribution < -0.4 is 5.73 Å². The topological polar surface area (TPSA) is 55.5 Å². The van der Waals surface area contributed by atoms with E-state index < -0.39 is 0 Å². The Labute approximate surface area is 87.6 Å². The van der Waals surface area contributed by atoms with Gasteiger partial charge in [-0.25, -0.2) is 0 Å². The van der Waals surface area contributed by atoms with E-state index in [9.17, 15) is 0 Å². The third-order valence-corrected chi connectivity index (χ3v) is 3.35. The first-order valence-electron chi connectivity index (χ1n) is 5.20. The van der Waals surface area contributed by atoms with E-state index in [4.69, 9.17) is 15.6 Å². The standard InChI is InChI=1S/C11H25NO2/c1-9(2)11(6-7-13,8-14-5)10(3,4)12/h9,13H,6-8,12H2,1-5H3. The third-order valence-electron chi connectivity index (χ3n) is 3.35. The van der Waals surface area contributed by atoms with E-state index in [2.05, 4.69) is 13.8 Å². The maximum absolute atomic E-state index is 9.13. The molecule has 0 rings (SSSR count). The fourth-order valence-corrected chi connectivity index (χ4v) is 2.24. The summed E-state index contributed by atoms with van der Waals surface area (Å²) in [5.74, 6) is 0.384. The Morgan fingerprint density at radius 3 is 2.07 bits per heavy atom. The molecule has 0 fully saturated rings. The second kappa shape index (κ2) is 5.10. The highest BCUT2D eigenvalue weighted by molar-refractivity contribution is 4.98. The quantitative estimate of drug-likeness (QED) is 0.686. The van der Waals surface area contributed by atoms with Crippen molar-refractivity contribution in [3.63, 3.8) is 0 Å². The average Bonchev–Trinajstić information content (AvgIpc) is 2.01. The van der Waals surface area contributed by atoms with Crippen LogP contribution in [-0.2, 0) is 4.74 Å². The summed E-state index contributed by atoms with van der Waals surface area (Å²) in [6, 6.07) is 0. The third kappa shape index (κ3) is 2.69. The van der Waals surface area contributed by atoms with E-state index >= 15 is 0 Å². The normalized spacial score (nSPS) is 17.1. The highest BCUT2D eigenvalue weighted by atomic mass is 16.5. The first kappa shape index (κ1) is 13.9. The zero-order chi connectivity index (χ0) is 11.4. The monoisotopic (exact) mass is 203 g/mol. The van der Waals surface area contributed by atoms with Crippen LogP contribution in [0.25, 0.3) is 0 Å². The van der Waals surface area contributed by atoms with Gasteiger partial charge in [-0.2, -0.15) is 0 Å². The lowest BCUT2D eigenvalue weighted by Crippen LogP contribution is -2.56. The second-order valence-electron chi connectivity index (χ2n) is 4.94. The number of rotatable bonds is 6. The average molecular weight is 203 g/mol. The lowest BCUT2D eigenvalue weighted by Gasteiger charge is -2.47. The smallest absolute Gasteiger partial charge is 0.0539 e. The van der Waals surface area contributed by atoms with Crippen LogP contribution in [0, 0.1) is 11.3 Å². The zero-order valence-electron chi connectivity index (χ0n) is 10.1. The van der Waals surface area contributed by atoms with Gasteiger partial charge in [0, 0.05) is 24.7 Å². The highest BCUT2D eigenvalue weighted by Crippen LogP contribution is 2.40. The van der Waals surface area contributed by atoms with Crippen molar-refractivity contribution in [2.75, 3.05) is 20.3 Å². The summed E-state index contributed by atoms with van der Waals surface area (Å²) in [7, 11) is 1.68. The molecular weight excluding hydrogens is 178 g/mol.